The summed E-state index contributed by atoms with van der Waals surface area (Å²) in [4.78, 5) is 23.3. The Morgan fingerprint density at radius 3 is 2.61 bits per heavy atom. The summed E-state index contributed by atoms with van der Waals surface area (Å²) in [6, 6.07) is 1.85. The Bertz CT molecular complexity index is 535. The lowest BCUT2D eigenvalue weighted by atomic mass is 10.1. The van der Waals surface area contributed by atoms with E-state index in [4.69, 9.17) is 16.7 Å². The number of amides is 1. The van der Waals surface area contributed by atoms with Gasteiger partial charge in [-0.1, -0.05) is 0 Å². The van der Waals surface area contributed by atoms with E-state index in [0.717, 1.165) is 17.0 Å². The number of halogens is 3. The van der Waals surface area contributed by atoms with Crippen LogP contribution in [0.4, 0.5) is 14.5 Å². The van der Waals surface area contributed by atoms with Gasteiger partial charge in [-0.2, -0.15) is 0 Å². The van der Waals surface area contributed by atoms with Crippen molar-refractivity contribution in [2.45, 2.75) is 11.8 Å². The Morgan fingerprint density at radius 2 is 2.11 bits per heavy atom. The third-order valence-corrected chi connectivity index (χ3v) is 2.95. The van der Waals surface area contributed by atoms with E-state index in [1.165, 1.54) is 0 Å². The van der Waals surface area contributed by atoms with Gasteiger partial charge in [0.15, 0.2) is 5.82 Å². The fraction of sp³-hybridized carbons (Fsp3) is 0.273. The molecule has 1 amide bonds. The number of alkyl halides is 1. The summed E-state index contributed by atoms with van der Waals surface area (Å²) in [5.41, 5.74) is -1.33. The van der Waals surface area contributed by atoms with Gasteiger partial charge in [0.25, 0.3) is 0 Å². The molecular formula is C11H8ClF2NO3. The van der Waals surface area contributed by atoms with E-state index < -0.39 is 34.5 Å². The van der Waals surface area contributed by atoms with Crippen LogP contribution in [0.15, 0.2) is 12.1 Å². The molecule has 2 rings (SSSR count). The molecule has 1 aromatic rings. The third kappa shape index (κ3) is 2.03. The number of carboxylic acid groups (broad SMARTS) is 1. The van der Waals surface area contributed by atoms with Gasteiger partial charge >= 0.3 is 5.97 Å². The van der Waals surface area contributed by atoms with Crippen molar-refractivity contribution in [3.63, 3.8) is 0 Å². The molecule has 1 N–H and O–H groups in total. The molecule has 1 aromatic carbocycles. The van der Waals surface area contributed by atoms with Crippen molar-refractivity contribution in [1.82, 2.24) is 0 Å². The normalized spacial score (nSPS) is 19.4. The van der Waals surface area contributed by atoms with Crippen LogP contribution in [-0.4, -0.2) is 28.9 Å². The second-order valence-electron chi connectivity index (χ2n) is 3.87. The fourth-order valence-electron chi connectivity index (χ4n) is 1.84. The quantitative estimate of drug-likeness (QED) is 0.840. The van der Waals surface area contributed by atoms with E-state index in [2.05, 4.69) is 0 Å². The molecule has 1 aliphatic heterocycles. The number of carbonyl (C=O) groups is 2. The maximum absolute atomic E-state index is 13.9. The van der Waals surface area contributed by atoms with E-state index in [9.17, 15) is 18.4 Å². The Morgan fingerprint density at radius 1 is 1.44 bits per heavy atom. The monoisotopic (exact) mass is 275 g/mol. The maximum atomic E-state index is 13.9. The molecule has 0 radical (unpaired) electrons. The first-order valence-electron chi connectivity index (χ1n) is 5.07. The van der Waals surface area contributed by atoms with Crippen molar-refractivity contribution in [3.05, 3.63) is 29.3 Å². The summed E-state index contributed by atoms with van der Waals surface area (Å²) < 4.78 is 27.1. The highest BCUT2D eigenvalue weighted by atomic mass is 35.5. The predicted octanol–water partition coefficient (Wildman–Crippen LogP) is 2.01. The molecule has 1 fully saturated rings. The number of anilines is 1. The molecule has 0 bridgehead atoms. The van der Waals surface area contributed by atoms with Gasteiger partial charge in [-0.25, -0.2) is 13.6 Å². The van der Waals surface area contributed by atoms with Crippen molar-refractivity contribution in [2.24, 2.45) is 0 Å². The lowest BCUT2D eigenvalue weighted by Crippen LogP contribution is -2.26. The average molecular weight is 276 g/mol. The van der Waals surface area contributed by atoms with Gasteiger partial charge in [-0.3, -0.25) is 4.79 Å². The zero-order valence-electron chi connectivity index (χ0n) is 8.99. The molecule has 0 saturated carbocycles. The minimum Gasteiger partial charge on any atom is -0.477 e. The van der Waals surface area contributed by atoms with E-state index in [0.29, 0.717) is 0 Å². The number of nitrogens with zero attached hydrogens (tertiary/aromatic N) is 1. The third-order valence-electron chi connectivity index (χ3n) is 2.65. The van der Waals surface area contributed by atoms with Gasteiger partial charge < -0.3 is 10.0 Å². The molecule has 1 saturated heterocycles. The smallest absolute Gasteiger partial charge is 0.341 e. The summed E-state index contributed by atoms with van der Waals surface area (Å²) >= 11 is 5.76. The zero-order valence-corrected chi connectivity index (χ0v) is 9.75. The number of hydrogen-bond acceptors (Lipinski definition) is 2. The second kappa shape index (κ2) is 4.53. The molecule has 1 unspecified atom stereocenters. The van der Waals surface area contributed by atoms with E-state index in [1.54, 1.807) is 0 Å². The summed E-state index contributed by atoms with van der Waals surface area (Å²) in [5.74, 6) is -4.59. The number of carboxylic acids is 1. The molecule has 1 heterocycles. The molecular weight excluding hydrogens is 268 g/mol. The van der Waals surface area contributed by atoms with Crippen LogP contribution in [0.3, 0.4) is 0 Å². The second-order valence-corrected chi connectivity index (χ2v) is 4.48. The number of hydrogen-bond donors (Lipinski definition) is 1. The Hall–Kier alpha value is -1.69. The van der Waals surface area contributed by atoms with Crippen LogP contribution in [0.2, 0.25) is 0 Å². The summed E-state index contributed by atoms with van der Waals surface area (Å²) in [6.07, 6.45) is 0.0424. The topological polar surface area (TPSA) is 57.6 Å². The van der Waals surface area contributed by atoms with Crippen LogP contribution in [0, 0.1) is 11.6 Å². The van der Waals surface area contributed by atoms with Crippen molar-refractivity contribution in [2.75, 3.05) is 11.4 Å². The van der Waals surface area contributed by atoms with Gasteiger partial charge in [0.05, 0.1) is 11.1 Å². The van der Waals surface area contributed by atoms with Gasteiger partial charge in [0.1, 0.15) is 11.4 Å². The highest BCUT2D eigenvalue weighted by Crippen LogP contribution is 2.29. The first-order valence-corrected chi connectivity index (χ1v) is 5.51. The lowest BCUT2D eigenvalue weighted by molar-refractivity contribution is -0.117. The molecule has 0 aliphatic carbocycles. The van der Waals surface area contributed by atoms with Crippen LogP contribution >= 0.6 is 11.6 Å². The van der Waals surface area contributed by atoms with Crippen LogP contribution in [-0.2, 0) is 4.79 Å². The minimum atomic E-state index is -1.72. The van der Waals surface area contributed by atoms with Gasteiger partial charge in [0.2, 0.25) is 5.91 Å². The summed E-state index contributed by atoms with van der Waals surface area (Å²) in [5, 5.41) is 8.26. The molecule has 4 nitrogen and oxygen atoms in total. The van der Waals surface area contributed by atoms with Gasteiger partial charge in [-0.05, 0) is 12.1 Å². The van der Waals surface area contributed by atoms with Crippen LogP contribution in [0.1, 0.15) is 16.8 Å². The summed E-state index contributed by atoms with van der Waals surface area (Å²) in [7, 11) is 0. The number of aromatic carboxylic acids is 1. The van der Waals surface area contributed by atoms with Crippen molar-refractivity contribution < 1.29 is 23.5 Å². The van der Waals surface area contributed by atoms with Crippen LogP contribution in [0.5, 0.6) is 0 Å². The van der Waals surface area contributed by atoms with Crippen molar-refractivity contribution in [1.29, 1.82) is 0 Å². The van der Waals surface area contributed by atoms with Gasteiger partial charge in [0, 0.05) is 13.0 Å². The van der Waals surface area contributed by atoms with Crippen molar-refractivity contribution in [3.8, 4) is 0 Å². The predicted molar refractivity (Wildman–Crippen MR) is 59.9 cm³/mol. The maximum Gasteiger partial charge on any atom is 0.341 e. The summed E-state index contributed by atoms with van der Waals surface area (Å²) in [6.45, 7) is 0.0714. The molecule has 0 aromatic heterocycles. The number of carbonyl (C=O) groups excluding carboxylic acids is 1. The number of benzene rings is 1. The standard InChI is InChI=1S/C11H8ClF2NO3/c12-5-3-8(16)15(4-5)7-2-1-6(13)9(10(7)14)11(17)18/h1-2,5H,3-4H2,(H,17,18). The SMILES string of the molecule is O=C(O)c1c(F)ccc(N2CC(Cl)CC2=O)c1F. The fourth-order valence-corrected chi connectivity index (χ4v) is 2.11. The van der Waals surface area contributed by atoms with E-state index in [1.807, 2.05) is 0 Å². The highest BCUT2D eigenvalue weighted by Gasteiger charge is 2.32. The van der Waals surface area contributed by atoms with Crippen LogP contribution < -0.4 is 4.90 Å². The Balaban J connectivity index is 2.50. The van der Waals surface area contributed by atoms with E-state index in [-0.39, 0.29) is 18.7 Å². The first-order chi connectivity index (χ1) is 8.41. The van der Waals surface area contributed by atoms with Crippen molar-refractivity contribution >= 4 is 29.2 Å². The van der Waals surface area contributed by atoms with Crippen LogP contribution in [0.25, 0.3) is 0 Å². The first kappa shape index (κ1) is 12.8. The Kier molecular flexibility index (Phi) is 3.21. The van der Waals surface area contributed by atoms with Gasteiger partial charge in [-0.15, -0.1) is 11.6 Å². The minimum absolute atomic E-state index is 0.0424. The molecule has 1 aliphatic rings. The molecule has 96 valence electrons. The zero-order chi connectivity index (χ0) is 13.4. The van der Waals surface area contributed by atoms with E-state index >= 15 is 0 Å². The Labute approximate surface area is 106 Å². The number of rotatable bonds is 2. The molecule has 1 atom stereocenters. The largest absolute Gasteiger partial charge is 0.477 e. The molecule has 0 spiro atoms. The molecule has 7 heteroatoms. The highest BCUT2D eigenvalue weighted by molar-refractivity contribution is 6.24. The molecule has 18 heavy (non-hydrogen) atoms. The average Bonchev–Trinajstić information content (AvgIpc) is 2.57. The lowest BCUT2D eigenvalue weighted by Gasteiger charge is -2.17.